The molecule has 0 N–H and O–H groups in total. The summed E-state index contributed by atoms with van der Waals surface area (Å²) >= 11 is 7.47. The maximum absolute atomic E-state index is 13.1. The lowest BCUT2D eigenvalue weighted by molar-refractivity contribution is -0.113. The molecule has 0 aliphatic carbocycles. The number of benzene rings is 1. The number of carbonyl (C=O) groups excluding carboxylic acids is 1. The molecule has 5 nitrogen and oxygen atoms in total. The summed E-state index contributed by atoms with van der Waals surface area (Å²) in [6, 6.07) is 14.8. The quantitative estimate of drug-likeness (QED) is 0.553. The first kappa shape index (κ1) is 17.6. The van der Waals surface area contributed by atoms with E-state index < -0.39 is 0 Å². The molecule has 0 saturated carbocycles. The fraction of sp³-hybridized carbons (Fsp3) is 0.0500. The Balaban J connectivity index is 1.79. The molecular weight excluding hydrogens is 382 g/mol. The Labute approximate surface area is 165 Å². The van der Waals surface area contributed by atoms with E-state index in [9.17, 15) is 4.79 Å². The number of anilines is 1. The van der Waals surface area contributed by atoms with Crippen LogP contribution in [0.5, 0.6) is 0 Å². The Morgan fingerprint density at radius 3 is 2.70 bits per heavy atom. The van der Waals surface area contributed by atoms with Crippen molar-refractivity contribution in [3.63, 3.8) is 0 Å². The number of para-hydroxylation sites is 1. The molecule has 3 heterocycles. The molecule has 1 saturated heterocycles. The largest absolute Gasteiger partial charge is 0.462 e. The third kappa shape index (κ3) is 3.67. The zero-order valence-electron chi connectivity index (χ0n) is 14.3. The third-order valence-electron chi connectivity index (χ3n) is 3.82. The van der Waals surface area contributed by atoms with Gasteiger partial charge in [0, 0.05) is 18.5 Å². The van der Waals surface area contributed by atoms with Crippen molar-refractivity contribution in [3.8, 4) is 0 Å². The summed E-state index contributed by atoms with van der Waals surface area (Å²) in [5, 5.41) is 0.943. The number of aliphatic imine (C=N–C) groups is 1. The first-order valence-electron chi connectivity index (χ1n) is 8.15. The minimum Gasteiger partial charge on any atom is -0.462 e. The van der Waals surface area contributed by atoms with Crippen molar-refractivity contribution in [1.82, 2.24) is 4.98 Å². The van der Waals surface area contributed by atoms with Crippen LogP contribution >= 0.6 is 23.4 Å². The lowest BCUT2D eigenvalue weighted by Gasteiger charge is -2.15. The molecular formula is C20H14ClN3O2S. The Morgan fingerprint density at radius 2 is 2.00 bits per heavy atom. The third-order valence-corrected chi connectivity index (χ3v) is 5.08. The highest BCUT2D eigenvalue weighted by atomic mass is 35.5. The molecule has 0 radical (unpaired) electrons. The van der Waals surface area contributed by atoms with Crippen molar-refractivity contribution in [2.24, 2.45) is 4.99 Å². The average molecular weight is 396 g/mol. The molecule has 0 atom stereocenters. The lowest BCUT2D eigenvalue weighted by atomic mass is 10.3. The van der Waals surface area contributed by atoms with Gasteiger partial charge in [0.2, 0.25) is 0 Å². The first-order valence-corrected chi connectivity index (χ1v) is 9.35. The number of halogens is 1. The number of amidine groups is 1. The number of carbonyl (C=O) groups is 1. The van der Waals surface area contributed by atoms with Gasteiger partial charge in [-0.25, -0.2) is 4.99 Å². The van der Waals surface area contributed by atoms with Crippen LogP contribution in [0.15, 0.2) is 75.2 Å². The standard InChI is InChI=1S/C20H14ClN3O2S/c1-13-7-8-15(26-13)11-18-19(25)24(14-5-3-2-4-6-14)20(27-18)23-17-9-10-22-12-16(17)21/h2-12H,1H3/b18-11+,23-20?. The Morgan fingerprint density at radius 1 is 1.19 bits per heavy atom. The van der Waals surface area contributed by atoms with Crippen LogP contribution in [0.3, 0.4) is 0 Å². The fourth-order valence-electron chi connectivity index (χ4n) is 2.58. The molecule has 3 aromatic rings. The summed E-state index contributed by atoms with van der Waals surface area (Å²) in [5.41, 5.74) is 1.29. The Kier molecular flexibility index (Phi) is 4.83. The summed E-state index contributed by atoms with van der Waals surface area (Å²) in [4.78, 5) is 23.7. The van der Waals surface area contributed by atoms with Crippen LogP contribution in [0.4, 0.5) is 11.4 Å². The van der Waals surface area contributed by atoms with E-state index in [1.807, 2.05) is 49.4 Å². The van der Waals surface area contributed by atoms with Crippen LogP contribution in [0.25, 0.3) is 6.08 Å². The molecule has 1 fully saturated rings. The van der Waals surface area contributed by atoms with Gasteiger partial charge in [-0.15, -0.1) is 0 Å². The Hall–Kier alpha value is -2.83. The minimum atomic E-state index is -0.163. The highest BCUT2D eigenvalue weighted by molar-refractivity contribution is 8.19. The summed E-state index contributed by atoms with van der Waals surface area (Å²) in [5.74, 6) is 1.25. The number of hydrogen-bond acceptors (Lipinski definition) is 5. The van der Waals surface area contributed by atoms with Crippen molar-refractivity contribution in [2.75, 3.05) is 4.90 Å². The molecule has 1 amide bonds. The van der Waals surface area contributed by atoms with E-state index in [0.29, 0.717) is 26.5 Å². The number of nitrogens with zero attached hydrogens (tertiary/aromatic N) is 3. The van der Waals surface area contributed by atoms with Gasteiger partial charge in [0.15, 0.2) is 5.17 Å². The van der Waals surface area contributed by atoms with Crippen molar-refractivity contribution in [1.29, 1.82) is 0 Å². The van der Waals surface area contributed by atoms with Gasteiger partial charge in [0.05, 0.1) is 21.3 Å². The summed E-state index contributed by atoms with van der Waals surface area (Å²) in [7, 11) is 0. The van der Waals surface area contributed by atoms with E-state index in [1.165, 1.54) is 18.0 Å². The van der Waals surface area contributed by atoms with Gasteiger partial charge in [-0.3, -0.25) is 14.7 Å². The van der Waals surface area contributed by atoms with Gasteiger partial charge >= 0.3 is 0 Å². The van der Waals surface area contributed by atoms with E-state index in [-0.39, 0.29) is 5.91 Å². The van der Waals surface area contributed by atoms with Crippen LogP contribution in [0.1, 0.15) is 11.5 Å². The smallest absolute Gasteiger partial charge is 0.271 e. The maximum Gasteiger partial charge on any atom is 0.271 e. The number of pyridine rings is 1. The lowest BCUT2D eigenvalue weighted by Crippen LogP contribution is -2.28. The van der Waals surface area contributed by atoms with Gasteiger partial charge in [-0.05, 0) is 49.0 Å². The second-order valence-corrected chi connectivity index (χ2v) is 7.17. The van der Waals surface area contributed by atoms with Crippen LogP contribution in [0.2, 0.25) is 5.02 Å². The zero-order chi connectivity index (χ0) is 18.8. The van der Waals surface area contributed by atoms with Crippen molar-refractivity contribution < 1.29 is 9.21 Å². The van der Waals surface area contributed by atoms with Crippen molar-refractivity contribution >= 4 is 51.9 Å². The van der Waals surface area contributed by atoms with E-state index in [4.69, 9.17) is 16.0 Å². The Bertz CT molecular complexity index is 1060. The maximum atomic E-state index is 13.1. The predicted octanol–water partition coefficient (Wildman–Crippen LogP) is 5.45. The number of hydrogen-bond donors (Lipinski definition) is 0. The fourth-order valence-corrected chi connectivity index (χ4v) is 3.71. The van der Waals surface area contributed by atoms with E-state index in [0.717, 1.165) is 11.4 Å². The molecule has 1 aliphatic rings. The second-order valence-electron chi connectivity index (χ2n) is 5.76. The number of aryl methyl sites for hydroxylation is 1. The zero-order valence-corrected chi connectivity index (χ0v) is 15.9. The summed E-state index contributed by atoms with van der Waals surface area (Å²) in [6.07, 6.45) is 4.87. The molecule has 7 heteroatoms. The number of amides is 1. The van der Waals surface area contributed by atoms with Gasteiger partial charge in [-0.2, -0.15) is 0 Å². The topological polar surface area (TPSA) is 58.7 Å². The van der Waals surface area contributed by atoms with Crippen molar-refractivity contribution in [2.45, 2.75) is 6.92 Å². The highest BCUT2D eigenvalue weighted by Gasteiger charge is 2.35. The highest BCUT2D eigenvalue weighted by Crippen LogP contribution is 2.38. The molecule has 1 aromatic carbocycles. The number of furan rings is 1. The minimum absolute atomic E-state index is 0.163. The van der Waals surface area contributed by atoms with Gasteiger partial charge in [-0.1, -0.05) is 29.8 Å². The van der Waals surface area contributed by atoms with Crippen LogP contribution in [-0.4, -0.2) is 16.1 Å². The molecule has 27 heavy (non-hydrogen) atoms. The van der Waals surface area contributed by atoms with Crippen LogP contribution < -0.4 is 4.90 Å². The number of aromatic nitrogens is 1. The van der Waals surface area contributed by atoms with Crippen LogP contribution in [-0.2, 0) is 4.79 Å². The summed E-state index contributed by atoms with van der Waals surface area (Å²) < 4.78 is 5.58. The SMILES string of the molecule is Cc1ccc(/C=C2/SC(=Nc3ccncc3Cl)N(c3ccccc3)C2=O)o1. The van der Waals surface area contributed by atoms with Gasteiger partial charge in [0.25, 0.3) is 5.91 Å². The monoisotopic (exact) mass is 395 g/mol. The van der Waals surface area contributed by atoms with E-state index in [1.54, 1.807) is 23.2 Å². The molecule has 1 aliphatic heterocycles. The van der Waals surface area contributed by atoms with Crippen LogP contribution in [0, 0.1) is 6.92 Å². The molecule has 0 unspecified atom stereocenters. The number of rotatable bonds is 3. The van der Waals surface area contributed by atoms with Crippen molar-refractivity contribution in [3.05, 3.63) is 82.4 Å². The second kappa shape index (κ2) is 7.42. The van der Waals surface area contributed by atoms with Gasteiger partial charge in [0.1, 0.15) is 11.5 Å². The number of thioether (sulfide) groups is 1. The molecule has 4 rings (SSSR count). The molecule has 0 spiro atoms. The predicted molar refractivity (Wildman–Crippen MR) is 109 cm³/mol. The normalized spacial score (nSPS) is 17.3. The molecule has 134 valence electrons. The molecule has 2 aromatic heterocycles. The van der Waals surface area contributed by atoms with E-state index in [2.05, 4.69) is 9.98 Å². The average Bonchev–Trinajstić information content (AvgIpc) is 3.21. The molecule has 0 bridgehead atoms. The van der Waals surface area contributed by atoms with Gasteiger partial charge < -0.3 is 4.42 Å². The van der Waals surface area contributed by atoms with E-state index >= 15 is 0 Å². The first-order chi connectivity index (χ1) is 13.1. The summed E-state index contributed by atoms with van der Waals surface area (Å²) in [6.45, 7) is 1.86.